The number of hydrogen-bond acceptors (Lipinski definition) is 5. The monoisotopic (exact) mass is 404 g/mol. The van der Waals surface area contributed by atoms with Gasteiger partial charge in [0.15, 0.2) is 0 Å². The van der Waals surface area contributed by atoms with Crippen molar-refractivity contribution in [2.75, 3.05) is 5.32 Å². The number of nitrogens with one attached hydrogen (secondary N) is 2. The third-order valence-electron chi connectivity index (χ3n) is 5.01. The summed E-state index contributed by atoms with van der Waals surface area (Å²) in [5, 5.41) is 10.6. The van der Waals surface area contributed by atoms with Crippen LogP contribution in [0.1, 0.15) is 41.6 Å². The van der Waals surface area contributed by atoms with Crippen molar-refractivity contribution in [1.82, 2.24) is 20.1 Å². The van der Waals surface area contributed by atoms with Crippen LogP contribution in [0.25, 0.3) is 11.3 Å². The molecule has 2 aromatic rings. The molecule has 1 fully saturated rings. The van der Waals surface area contributed by atoms with Crippen LogP contribution >= 0.6 is 15.9 Å². The van der Waals surface area contributed by atoms with Gasteiger partial charge in [-0.3, -0.25) is 9.48 Å². The summed E-state index contributed by atoms with van der Waals surface area (Å²) in [6.07, 6.45) is 8.01. The van der Waals surface area contributed by atoms with E-state index in [1.807, 2.05) is 13.2 Å². The molecule has 4 rings (SSSR count). The van der Waals surface area contributed by atoms with Crippen LogP contribution in [-0.4, -0.2) is 32.8 Å². The van der Waals surface area contributed by atoms with Gasteiger partial charge >= 0.3 is 0 Å². The van der Waals surface area contributed by atoms with E-state index in [0.29, 0.717) is 17.8 Å². The molecule has 3 heterocycles. The van der Waals surface area contributed by atoms with Gasteiger partial charge in [0.25, 0.3) is 5.91 Å². The van der Waals surface area contributed by atoms with Crippen LogP contribution in [0, 0.1) is 0 Å². The highest BCUT2D eigenvalue weighted by Crippen LogP contribution is 2.37. The standard InChI is InChI=1S/C17H21BrN6O/c1-24-8-9(6-21-24)15-13-10(7-20-17(13)25)14(18)16(23-15)22-12-5-3-2-4-11(12)19/h6,8,11-12H,2-5,7,19H2,1H3,(H,20,25)(H,22,23). The van der Waals surface area contributed by atoms with Crippen LogP contribution in [0.5, 0.6) is 0 Å². The van der Waals surface area contributed by atoms with Crippen LogP contribution in [0.15, 0.2) is 16.9 Å². The molecule has 132 valence electrons. The molecule has 1 aliphatic heterocycles. The number of pyridine rings is 1. The SMILES string of the molecule is Cn1cc(-c2nc(NC3CCCCC3N)c(Br)c3c2C(=O)NC3)cn1. The molecule has 0 spiro atoms. The molecular weight excluding hydrogens is 384 g/mol. The molecule has 0 saturated heterocycles. The van der Waals surface area contributed by atoms with E-state index >= 15 is 0 Å². The maximum absolute atomic E-state index is 12.3. The van der Waals surface area contributed by atoms with Gasteiger partial charge in [-0.15, -0.1) is 0 Å². The zero-order valence-electron chi connectivity index (χ0n) is 14.1. The van der Waals surface area contributed by atoms with Gasteiger partial charge in [0.1, 0.15) is 5.82 Å². The minimum absolute atomic E-state index is 0.0945. The normalized spacial score (nSPS) is 22.6. The summed E-state index contributed by atoms with van der Waals surface area (Å²) < 4.78 is 2.55. The summed E-state index contributed by atoms with van der Waals surface area (Å²) in [7, 11) is 1.85. The predicted octanol–water partition coefficient (Wildman–Crippen LogP) is 2.17. The Balaban J connectivity index is 1.79. The molecule has 1 amide bonds. The van der Waals surface area contributed by atoms with Gasteiger partial charge in [-0.05, 0) is 28.8 Å². The van der Waals surface area contributed by atoms with Gasteiger partial charge in [0, 0.05) is 43.0 Å². The van der Waals surface area contributed by atoms with Gasteiger partial charge in [-0.2, -0.15) is 5.10 Å². The molecule has 1 aliphatic carbocycles. The minimum Gasteiger partial charge on any atom is -0.365 e. The van der Waals surface area contributed by atoms with Crippen molar-refractivity contribution in [1.29, 1.82) is 0 Å². The Hall–Kier alpha value is -1.93. The Bertz CT molecular complexity index is 833. The molecule has 2 aromatic heterocycles. The third kappa shape index (κ3) is 2.93. The number of anilines is 1. The fourth-order valence-electron chi connectivity index (χ4n) is 3.64. The van der Waals surface area contributed by atoms with E-state index in [1.54, 1.807) is 10.9 Å². The Morgan fingerprint density at radius 1 is 1.40 bits per heavy atom. The topological polar surface area (TPSA) is 97.9 Å². The average molecular weight is 405 g/mol. The second-order valence-electron chi connectivity index (χ2n) is 6.76. The molecular formula is C17H21BrN6O. The van der Waals surface area contributed by atoms with E-state index in [9.17, 15) is 4.79 Å². The zero-order valence-corrected chi connectivity index (χ0v) is 15.6. The summed E-state index contributed by atoms with van der Waals surface area (Å²) in [5.41, 5.74) is 9.33. The first kappa shape index (κ1) is 16.5. The molecule has 2 atom stereocenters. The number of nitrogens with zero attached hydrogens (tertiary/aromatic N) is 3. The van der Waals surface area contributed by atoms with E-state index in [4.69, 9.17) is 10.7 Å². The lowest BCUT2D eigenvalue weighted by atomic mass is 9.91. The van der Waals surface area contributed by atoms with Gasteiger partial charge in [0.05, 0.1) is 21.9 Å². The van der Waals surface area contributed by atoms with Crippen LogP contribution < -0.4 is 16.4 Å². The van der Waals surface area contributed by atoms with Crippen molar-refractivity contribution in [3.63, 3.8) is 0 Å². The van der Waals surface area contributed by atoms with E-state index < -0.39 is 0 Å². The van der Waals surface area contributed by atoms with Gasteiger partial charge in [-0.1, -0.05) is 12.8 Å². The predicted molar refractivity (Wildman–Crippen MR) is 99.2 cm³/mol. The highest BCUT2D eigenvalue weighted by atomic mass is 79.9. The third-order valence-corrected chi connectivity index (χ3v) is 5.86. The molecule has 0 aromatic carbocycles. The summed E-state index contributed by atoms with van der Waals surface area (Å²) in [6, 6.07) is 0.319. The fraction of sp³-hybridized carbons (Fsp3) is 0.471. The smallest absolute Gasteiger partial charge is 0.254 e. The molecule has 0 radical (unpaired) electrons. The summed E-state index contributed by atoms with van der Waals surface area (Å²) >= 11 is 3.64. The summed E-state index contributed by atoms with van der Waals surface area (Å²) in [4.78, 5) is 17.1. The van der Waals surface area contributed by atoms with Crippen molar-refractivity contribution in [2.45, 2.75) is 44.3 Å². The number of fused-ring (bicyclic) bond motifs is 1. The lowest BCUT2D eigenvalue weighted by molar-refractivity contribution is 0.0966. The van der Waals surface area contributed by atoms with Crippen LogP contribution in [0.4, 0.5) is 5.82 Å². The van der Waals surface area contributed by atoms with E-state index in [2.05, 4.69) is 31.7 Å². The number of halogens is 1. The summed E-state index contributed by atoms with van der Waals surface area (Å²) in [5.74, 6) is 0.652. The molecule has 2 aliphatic rings. The quantitative estimate of drug-likeness (QED) is 0.727. The van der Waals surface area contributed by atoms with Crippen molar-refractivity contribution >= 4 is 27.7 Å². The number of nitrogens with two attached hydrogens (primary N) is 1. The Kier molecular flexibility index (Phi) is 4.24. The average Bonchev–Trinajstić information content (AvgIpc) is 3.19. The Morgan fingerprint density at radius 3 is 2.92 bits per heavy atom. The highest BCUT2D eigenvalue weighted by molar-refractivity contribution is 9.10. The van der Waals surface area contributed by atoms with Crippen molar-refractivity contribution in [3.05, 3.63) is 28.0 Å². The fourth-order valence-corrected chi connectivity index (χ4v) is 4.18. The molecule has 1 saturated carbocycles. The maximum Gasteiger partial charge on any atom is 0.254 e. The number of carbonyl (C=O) groups excluding carboxylic acids is 1. The highest BCUT2D eigenvalue weighted by Gasteiger charge is 2.31. The maximum atomic E-state index is 12.3. The van der Waals surface area contributed by atoms with Crippen LogP contribution in [0.3, 0.4) is 0 Å². The summed E-state index contributed by atoms with van der Waals surface area (Å²) in [6.45, 7) is 0.496. The number of carbonyl (C=O) groups is 1. The largest absolute Gasteiger partial charge is 0.365 e. The number of aromatic nitrogens is 3. The second kappa shape index (κ2) is 6.42. The second-order valence-corrected chi connectivity index (χ2v) is 7.55. The number of hydrogen-bond donors (Lipinski definition) is 3. The zero-order chi connectivity index (χ0) is 17.6. The Morgan fingerprint density at radius 2 is 2.20 bits per heavy atom. The number of rotatable bonds is 3. The Labute approximate surface area is 154 Å². The van der Waals surface area contributed by atoms with Gasteiger partial charge < -0.3 is 16.4 Å². The number of amides is 1. The lowest BCUT2D eigenvalue weighted by Gasteiger charge is -2.30. The van der Waals surface area contributed by atoms with Crippen molar-refractivity contribution < 1.29 is 4.79 Å². The molecule has 7 nitrogen and oxygen atoms in total. The number of aryl methyl sites for hydroxylation is 1. The first-order chi connectivity index (χ1) is 12.0. The van der Waals surface area contributed by atoms with Crippen molar-refractivity contribution in [2.24, 2.45) is 12.8 Å². The molecule has 25 heavy (non-hydrogen) atoms. The van der Waals surface area contributed by atoms with E-state index in [0.717, 1.165) is 34.3 Å². The minimum atomic E-state index is -0.0945. The van der Waals surface area contributed by atoms with Crippen LogP contribution in [-0.2, 0) is 13.6 Å². The van der Waals surface area contributed by atoms with Gasteiger partial charge in [0.2, 0.25) is 0 Å². The molecule has 8 heteroatoms. The molecule has 2 unspecified atom stereocenters. The van der Waals surface area contributed by atoms with E-state index in [-0.39, 0.29) is 18.0 Å². The first-order valence-corrected chi connectivity index (χ1v) is 9.35. The lowest BCUT2D eigenvalue weighted by Crippen LogP contribution is -2.42. The van der Waals surface area contributed by atoms with Gasteiger partial charge in [-0.25, -0.2) is 4.98 Å². The van der Waals surface area contributed by atoms with Crippen LogP contribution in [0.2, 0.25) is 0 Å². The van der Waals surface area contributed by atoms with E-state index in [1.165, 1.54) is 12.8 Å². The first-order valence-electron chi connectivity index (χ1n) is 8.56. The molecule has 4 N–H and O–H groups in total. The molecule has 0 bridgehead atoms. The van der Waals surface area contributed by atoms with Crippen molar-refractivity contribution in [3.8, 4) is 11.3 Å².